The summed E-state index contributed by atoms with van der Waals surface area (Å²) in [5.41, 5.74) is 0.156. The minimum absolute atomic E-state index is 0.0308. The molecule has 1 aromatic carbocycles. The van der Waals surface area contributed by atoms with Crippen LogP contribution in [0.25, 0.3) is 0 Å². The van der Waals surface area contributed by atoms with Crippen molar-refractivity contribution in [1.29, 1.82) is 0 Å². The van der Waals surface area contributed by atoms with Crippen molar-refractivity contribution in [3.8, 4) is 11.5 Å². The van der Waals surface area contributed by atoms with Crippen molar-refractivity contribution in [2.24, 2.45) is 5.92 Å². The number of nitrogens with zero attached hydrogens (tertiary/aromatic N) is 1. The summed E-state index contributed by atoms with van der Waals surface area (Å²) in [6.07, 6.45) is 4.00. The Kier molecular flexibility index (Phi) is 5.61. The molecule has 2 aliphatic rings. The molecule has 6 nitrogen and oxygen atoms in total. The SMILES string of the molecule is CCOC(=O)N1CC[C@]2(O)CCCC[C@@H]2[C@@H]1c1ccc(OC)cc1OC. The van der Waals surface area contributed by atoms with Crippen LogP contribution in [-0.4, -0.2) is 49.1 Å². The van der Waals surface area contributed by atoms with Crippen LogP contribution < -0.4 is 9.47 Å². The van der Waals surface area contributed by atoms with Crippen molar-refractivity contribution in [2.75, 3.05) is 27.4 Å². The lowest BCUT2D eigenvalue weighted by atomic mass is 9.66. The molecule has 0 spiro atoms. The van der Waals surface area contributed by atoms with E-state index in [0.29, 0.717) is 31.1 Å². The minimum Gasteiger partial charge on any atom is -0.497 e. The van der Waals surface area contributed by atoms with Gasteiger partial charge in [0, 0.05) is 24.1 Å². The molecule has 1 aliphatic carbocycles. The summed E-state index contributed by atoms with van der Waals surface area (Å²) in [5, 5.41) is 11.3. The molecule has 0 aromatic heterocycles. The first kappa shape index (κ1) is 18.8. The fourth-order valence-electron chi connectivity index (χ4n) is 4.54. The highest BCUT2D eigenvalue weighted by molar-refractivity contribution is 5.69. The summed E-state index contributed by atoms with van der Waals surface area (Å²) in [6.45, 7) is 2.62. The highest BCUT2D eigenvalue weighted by Gasteiger charge is 2.51. The number of aliphatic hydroxyl groups is 1. The van der Waals surface area contributed by atoms with Crippen LogP contribution in [0.2, 0.25) is 0 Å². The third-order valence-electron chi connectivity index (χ3n) is 5.83. The lowest BCUT2D eigenvalue weighted by Gasteiger charge is -2.52. The van der Waals surface area contributed by atoms with E-state index in [9.17, 15) is 9.90 Å². The van der Waals surface area contributed by atoms with Crippen LogP contribution >= 0.6 is 0 Å². The van der Waals surface area contributed by atoms with Gasteiger partial charge in [-0.1, -0.05) is 12.8 Å². The van der Waals surface area contributed by atoms with Crippen molar-refractivity contribution in [2.45, 2.75) is 50.7 Å². The van der Waals surface area contributed by atoms with Gasteiger partial charge in [0.1, 0.15) is 11.5 Å². The predicted molar refractivity (Wildman–Crippen MR) is 97.5 cm³/mol. The third-order valence-corrected chi connectivity index (χ3v) is 5.83. The number of hydrogen-bond donors (Lipinski definition) is 1. The second kappa shape index (κ2) is 7.74. The maximum absolute atomic E-state index is 12.6. The number of amides is 1. The Morgan fingerprint density at radius 1 is 1.27 bits per heavy atom. The van der Waals surface area contributed by atoms with Gasteiger partial charge in [-0.3, -0.25) is 0 Å². The number of carbonyl (C=O) groups is 1. The number of rotatable bonds is 4. The van der Waals surface area contributed by atoms with Crippen molar-refractivity contribution in [3.05, 3.63) is 23.8 Å². The minimum atomic E-state index is -0.739. The third kappa shape index (κ3) is 3.34. The summed E-state index contributed by atoms with van der Waals surface area (Å²) < 4.78 is 16.2. The van der Waals surface area contributed by atoms with Crippen LogP contribution in [0.3, 0.4) is 0 Å². The average Bonchev–Trinajstić information content (AvgIpc) is 2.66. The standard InChI is InChI=1S/C20H29NO5/c1-4-26-19(22)21-12-11-20(23)10-6-5-7-16(20)18(21)15-9-8-14(24-2)13-17(15)25-3/h8-9,13,16,18,23H,4-7,10-12H2,1-3H3/t16-,18+,20-/m1/s1. The van der Waals surface area contributed by atoms with E-state index >= 15 is 0 Å². The Morgan fingerprint density at radius 2 is 2.08 bits per heavy atom. The lowest BCUT2D eigenvalue weighted by Crippen LogP contribution is -2.56. The maximum atomic E-state index is 12.6. The molecule has 6 heteroatoms. The topological polar surface area (TPSA) is 68.2 Å². The number of hydrogen-bond acceptors (Lipinski definition) is 5. The van der Waals surface area contributed by atoms with Gasteiger partial charge in [-0.2, -0.15) is 0 Å². The molecule has 1 saturated heterocycles. The van der Waals surface area contributed by atoms with Gasteiger partial charge >= 0.3 is 6.09 Å². The second-order valence-electron chi connectivity index (χ2n) is 7.15. The molecule has 1 aliphatic heterocycles. The van der Waals surface area contributed by atoms with E-state index < -0.39 is 5.60 Å². The summed E-state index contributed by atoms with van der Waals surface area (Å²) in [7, 11) is 3.22. The monoisotopic (exact) mass is 363 g/mol. The number of benzene rings is 1. The molecule has 3 atom stereocenters. The summed E-state index contributed by atoms with van der Waals surface area (Å²) in [5.74, 6) is 1.33. The van der Waals surface area contributed by atoms with E-state index in [1.807, 2.05) is 25.1 Å². The molecule has 1 amide bonds. The fraction of sp³-hybridized carbons (Fsp3) is 0.650. The summed E-state index contributed by atoms with van der Waals surface area (Å²) in [6, 6.07) is 5.37. The molecule has 0 bridgehead atoms. The van der Waals surface area contributed by atoms with Crippen LogP contribution in [-0.2, 0) is 4.74 Å². The van der Waals surface area contributed by atoms with E-state index in [1.165, 1.54) is 0 Å². The zero-order valence-electron chi connectivity index (χ0n) is 15.9. The molecule has 26 heavy (non-hydrogen) atoms. The number of carbonyl (C=O) groups excluding carboxylic acids is 1. The van der Waals surface area contributed by atoms with Crippen LogP contribution in [0.5, 0.6) is 11.5 Å². The highest BCUT2D eigenvalue weighted by atomic mass is 16.6. The van der Waals surface area contributed by atoms with E-state index in [1.54, 1.807) is 19.1 Å². The molecule has 1 heterocycles. The quantitative estimate of drug-likeness (QED) is 0.886. The maximum Gasteiger partial charge on any atom is 0.410 e. The fourth-order valence-corrected chi connectivity index (χ4v) is 4.54. The number of methoxy groups -OCH3 is 2. The Morgan fingerprint density at radius 3 is 2.77 bits per heavy atom. The van der Waals surface area contributed by atoms with Crippen molar-refractivity contribution < 1.29 is 24.1 Å². The van der Waals surface area contributed by atoms with Gasteiger partial charge in [-0.15, -0.1) is 0 Å². The van der Waals surface area contributed by atoms with Crippen LogP contribution in [0.4, 0.5) is 4.79 Å². The van der Waals surface area contributed by atoms with Gasteiger partial charge in [0.25, 0.3) is 0 Å². The highest BCUT2D eigenvalue weighted by Crippen LogP contribution is 2.51. The predicted octanol–water partition coefficient (Wildman–Crippen LogP) is 3.53. The second-order valence-corrected chi connectivity index (χ2v) is 7.15. The van der Waals surface area contributed by atoms with E-state index in [0.717, 1.165) is 31.2 Å². The summed E-state index contributed by atoms with van der Waals surface area (Å²) >= 11 is 0. The lowest BCUT2D eigenvalue weighted by molar-refractivity contribution is -0.118. The molecule has 2 fully saturated rings. The zero-order chi connectivity index (χ0) is 18.7. The van der Waals surface area contributed by atoms with E-state index in [2.05, 4.69) is 0 Å². The molecule has 0 radical (unpaired) electrons. The first-order chi connectivity index (χ1) is 12.5. The number of ether oxygens (including phenoxy) is 3. The van der Waals surface area contributed by atoms with Crippen LogP contribution in [0.15, 0.2) is 18.2 Å². The van der Waals surface area contributed by atoms with Gasteiger partial charge in [0.05, 0.1) is 32.5 Å². The van der Waals surface area contributed by atoms with E-state index in [4.69, 9.17) is 14.2 Å². The number of fused-ring (bicyclic) bond motifs is 1. The molecule has 1 saturated carbocycles. The van der Waals surface area contributed by atoms with Gasteiger partial charge in [0.15, 0.2) is 0 Å². The molecule has 1 aromatic rings. The average molecular weight is 363 g/mol. The Labute approximate surface area is 155 Å². The van der Waals surface area contributed by atoms with Crippen LogP contribution in [0.1, 0.15) is 50.6 Å². The normalized spacial score (nSPS) is 28.2. The largest absolute Gasteiger partial charge is 0.497 e. The molecular weight excluding hydrogens is 334 g/mol. The Bertz CT molecular complexity index is 649. The van der Waals surface area contributed by atoms with Gasteiger partial charge in [-0.25, -0.2) is 4.79 Å². The van der Waals surface area contributed by atoms with Crippen molar-refractivity contribution in [3.63, 3.8) is 0 Å². The molecule has 3 rings (SSSR count). The van der Waals surface area contributed by atoms with Crippen LogP contribution in [0, 0.1) is 5.92 Å². The smallest absolute Gasteiger partial charge is 0.410 e. The first-order valence-electron chi connectivity index (χ1n) is 9.41. The Balaban J connectivity index is 2.05. The van der Waals surface area contributed by atoms with Gasteiger partial charge in [-0.05, 0) is 38.3 Å². The van der Waals surface area contributed by atoms with Gasteiger partial charge in [0.2, 0.25) is 0 Å². The summed E-state index contributed by atoms with van der Waals surface area (Å²) in [4.78, 5) is 14.4. The number of likely N-dealkylation sites (tertiary alicyclic amines) is 1. The zero-order valence-corrected chi connectivity index (χ0v) is 15.9. The molecule has 0 unspecified atom stereocenters. The molecule has 1 N–H and O–H groups in total. The first-order valence-corrected chi connectivity index (χ1v) is 9.41. The number of piperidine rings is 1. The van der Waals surface area contributed by atoms with Gasteiger partial charge < -0.3 is 24.2 Å². The van der Waals surface area contributed by atoms with E-state index in [-0.39, 0.29) is 18.1 Å². The molecular formula is C20H29NO5. The van der Waals surface area contributed by atoms with Crippen molar-refractivity contribution in [1.82, 2.24) is 4.90 Å². The Hall–Kier alpha value is -1.95. The van der Waals surface area contributed by atoms with Crippen molar-refractivity contribution >= 4 is 6.09 Å². The molecule has 144 valence electrons.